The van der Waals surface area contributed by atoms with Gasteiger partial charge in [0.25, 0.3) is 0 Å². The van der Waals surface area contributed by atoms with Gasteiger partial charge in [0, 0.05) is 0 Å². The standard InChI is InChI=1S/C46H65P/c1-7-13-22-37-32-34-45(42(28-17-11-5)39(37)26-15-9-3)47(44-31-21-25-36-24-19-20-30-41(36)44)46-35-33-38(23-14-8-2)40(27-16-10-4)43(46)29-18-12-6/h19-21,24-25,30-35H,7-18,22-23,26-29H2,1-6H3. The Morgan fingerprint density at radius 1 is 0.362 bits per heavy atom. The van der Waals surface area contributed by atoms with Crippen molar-refractivity contribution in [1.29, 1.82) is 0 Å². The molecule has 0 aromatic heterocycles. The molecule has 0 atom stereocenters. The molecule has 0 bridgehead atoms. The highest BCUT2D eigenvalue weighted by molar-refractivity contribution is 7.80. The average molecular weight is 649 g/mol. The number of benzene rings is 4. The maximum Gasteiger partial charge on any atom is -0.00724 e. The first-order valence-electron chi connectivity index (χ1n) is 19.7. The van der Waals surface area contributed by atoms with Crippen LogP contribution < -0.4 is 15.9 Å². The van der Waals surface area contributed by atoms with Gasteiger partial charge in [-0.05, 0) is 145 Å². The molecule has 0 N–H and O–H groups in total. The molecule has 0 fully saturated rings. The molecule has 0 unspecified atom stereocenters. The predicted octanol–water partition coefficient (Wildman–Crippen LogP) is 12.7. The van der Waals surface area contributed by atoms with Gasteiger partial charge in [-0.1, -0.05) is 147 Å². The molecule has 0 saturated carbocycles. The molecule has 47 heavy (non-hydrogen) atoms. The van der Waals surface area contributed by atoms with Gasteiger partial charge in [0.2, 0.25) is 0 Å². The van der Waals surface area contributed by atoms with Crippen LogP contribution in [0.2, 0.25) is 0 Å². The minimum absolute atomic E-state index is 0.733. The van der Waals surface area contributed by atoms with Crippen LogP contribution in [0, 0.1) is 0 Å². The molecule has 0 aliphatic rings. The van der Waals surface area contributed by atoms with Crippen molar-refractivity contribution in [1.82, 2.24) is 0 Å². The molecule has 1 heteroatoms. The lowest BCUT2D eigenvalue weighted by molar-refractivity contribution is 0.736. The van der Waals surface area contributed by atoms with E-state index in [0.717, 1.165) is 0 Å². The lowest BCUT2D eigenvalue weighted by atomic mass is 9.90. The van der Waals surface area contributed by atoms with E-state index in [1.807, 2.05) is 0 Å². The van der Waals surface area contributed by atoms with E-state index in [0.29, 0.717) is 0 Å². The molecular weight excluding hydrogens is 583 g/mol. The normalized spacial score (nSPS) is 11.6. The molecule has 4 aromatic carbocycles. The highest BCUT2D eigenvalue weighted by atomic mass is 31.1. The summed E-state index contributed by atoms with van der Waals surface area (Å²) in [6, 6.07) is 26.8. The van der Waals surface area contributed by atoms with Crippen molar-refractivity contribution in [3.05, 3.63) is 100 Å². The summed E-state index contributed by atoms with van der Waals surface area (Å²) >= 11 is 0. The van der Waals surface area contributed by atoms with Gasteiger partial charge in [-0.3, -0.25) is 0 Å². The molecule has 254 valence electrons. The fourth-order valence-electron chi connectivity index (χ4n) is 7.47. The topological polar surface area (TPSA) is 0 Å². The number of rotatable bonds is 21. The van der Waals surface area contributed by atoms with E-state index in [4.69, 9.17) is 0 Å². The van der Waals surface area contributed by atoms with Gasteiger partial charge in [-0.15, -0.1) is 0 Å². The second-order valence-electron chi connectivity index (χ2n) is 13.9. The highest BCUT2D eigenvalue weighted by Gasteiger charge is 2.27. The molecule has 0 spiro atoms. The SMILES string of the molecule is CCCCc1ccc(P(c2ccc(CCCC)c(CCCC)c2CCCC)c2cccc3ccccc23)c(CCCC)c1CCCC. The summed E-state index contributed by atoms with van der Waals surface area (Å²) in [6.07, 6.45) is 22.5. The van der Waals surface area contributed by atoms with Crippen LogP contribution in [0.5, 0.6) is 0 Å². The Labute approximate surface area is 290 Å². The minimum atomic E-state index is -0.733. The third-order valence-corrected chi connectivity index (χ3v) is 12.9. The summed E-state index contributed by atoms with van der Waals surface area (Å²) in [6.45, 7) is 14.2. The zero-order chi connectivity index (χ0) is 33.4. The van der Waals surface area contributed by atoms with Crippen molar-refractivity contribution in [2.24, 2.45) is 0 Å². The van der Waals surface area contributed by atoms with Gasteiger partial charge in [-0.2, -0.15) is 0 Å². The molecule has 0 amide bonds. The largest absolute Gasteiger partial charge is 0.0654 e. The van der Waals surface area contributed by atoms with Gasteiger partial charge >= 0.3 is 0 Å². The summed E-state index contributed by atoms with van der Waals surface area (Å²) in [5.41, 5.74) is 10.1. The summed E-state index contributed by atoms with van der Waals surface area (Å²) in [5.74, 6) is 0. The van der Waals surface area contributed by atoms with E-state index in [-0.39, 0.29) is 0 Å². The van der Waals surface area contributed by atoms with Crippen molar-refractivity contribution in [3.63, 3.8) is 0 Å². The number of hydrogen-bond acceptors (Lipinski definition) is 0. The van der Waals surface area contributed by atoms with Crippen molar-refractivity contribution in [2.45, 2.75) is 157 Å². The second kappa shape index (κ2) is 20.2. The zero-order valence-corrected chi connectivity index (χ0v) is 31.9. The van der Waals surface area contributed by atoms with Gasteiger partial charge in [0.15, 0.2) is 0 Å². The number of aryl methyl sites for hydroxylation is 2. The van der Waals surface area contributed by atoms with Crippen LogP contribution >= 0.6 is 7.92 Å². The maximum absolute atomic E-state index is 2.62. The summed E-state index contributed by atoms with van der Waals surface area (Å²) in [5, 5.41) is 7.67. The lowest BCUT2D eigenvalue weighted by Gasteiger charge is -2.30. The van der Waals surface area contributed by atoms with E-state index in [9.17, 15) is 0 Å². The first-order chi connectivity index (χ1) is 23.1. The predicted molar refractivity (Wildman–Crippen MR) is 214 cm³/mol. The number of fused-ring (bicyclic) bond motifs is 1. The quantitative estimate of drug-likeness (QED) is 0.0789. The Balaban J connectivity index is 2.11. The number of unbranched alkanes of at least 4 members (excludes halogenated alkanes) is 6. The monoisotopic (exact) mass is 648 g/mol. The van der Waals surface area contributed by atoms with E-state index in [2.05, 4.69) is 108 Å². The van der Waals surface area contributed by atoms with E-state index >= 15 is 0 Å². The Morgan fingerprint density at radius 3 is 1.23 bits per heavy atom. The van der Waals surface area contributed by atoms with E-state index in [1.54, 1.807) is 49.3 Å². The fraction of sp³-hybridized carbons (Fsp3) is 0.522. The minimum Gasteiger partial charge on any atom is -0.0654 e. The Kier molecular flexibility index (Phi) is 16.0. The van der Waals surface area contributed by atoms with Crippen molar-refractivity contribution >= 4 is 34.6 Å². The first kappa shape index (κ1) is 37.4. The Morgan fingerprint density at radius 2 is 0.766 bits per heavy atom. The molecule has 0 radical (unpaired) electrons. The Hall–Kier alpha value is -2.43. The van der Waals surface area contributed by atoms with Gasteiger partial charge in [0.1, 0.15) is 0 Å². The molecule has 0 saturated heterocycles. The van der Waals surface area contributed by atoms with Crippen molar-refractivity contribution < 1.29 is 0 Å². The van der Waals surface area contributed by atoms with Gasteiger partial charge < -0.3 is 0 Å². The van der Waals surface area contributed by atoms with Crippen molar-refractivity contribution in [2.75, 3.05) is 0 Å². The maximum atomic E-state index is 2.62. The van der Waals surface area contributed by atoms with Gasteiger partial charge in [0.05, 0.1) is 0 Å². The van der Waals surface area contributed by atoms with E-state index in [1.165, 1.54) is 126 Å². The Bertz CT molecular complexity index is 1430. The van der Waals surface area contributed by atoms with E-state index < -0.39 is 7.92 Å². The summed E-state index contributed by atoms with van der Waals surface area (Å²) < 4.78 is 0. The van der Waals surface area contributed by atoms with Crippen LogP contribution in [0.1, 0.15) is 152 Å². The third-order valence-electron chi connectivity index (χ3n) is 10.2. The van der Waals surface area contributed by atoms with Crippen LogP contribution in [0.4, 0.5) is 0 Å². The van der Waals surface area contributed by atoms with Gasteiger partial charge in [-0.25, -0.2) is 0 Å². The summed E-state index contributed by atoms with van der Waals surface area (Å²) in [7, 11) is -0.733. The molecule has 4 rings (SSSR count). The molecule has 0 aliphatic heterocycles. The first-order valence-corrected chi connectivity index (χ1v) is 21.0. The molecular formula is C46H65P. The third kappa shape index (κ3) is 9.60. The van der Waals surface area contributed by atoms with Crippen LogP contribution in [0.25, 0.3) is 10.8 Å². The molecule has 0 heterocycles. The number of hydrogen-bond donors (Lipinski definition) is 0. The molecule has 0 nitrogen and oxygen atoms in total. The fourth-order valence-corrected chi connectivity index (χ4v) is 10.4. The van der Waals surface area contributed by atoms with Crippen LogP contribution in [0.15, 0.2) is 66.7 Å². The zero-order valence-electron chi connectivity index (χ0n) is 31.0. The average Bonchev–Trinajstić information content (AvgIpc) is 3.10. The smallest absolute Gasteiger partial charge is 0.00724 e. The summed E-state index contributed by atoms with van der Waals surface area (Å²) in [4.78, 5) is 0. The molecule has 4 aromatic rings. The lowest BCUT2D eigenvalue weighted by Crippen LogP contribution is -2.29. The second-order valence-corrected chi connectivity index (χ2v) is 16.0. The van der Waals surface area contributed by atoms with Crippen molar-refractivity contribution in [3.8, 4) is 0 Å². The van der Waals surface area contributed by atoms with Crippen LogP contribution in [0.3, 0.4) is 0 Å². The van der Waals surface area contributed by atoms with Crippen LogP contribution in [-0.4, -0.2) is 0 Å². The highest BCUT2D eigenvalue weighted by Crippen LogP contribution is 2.41. The molecule has 0 aliphatic carbocycles. The van der Waals surface area contributed by atoms with Crippen LogP contribution in [-0.2, 0) is 38.5 Å².